The molecule has 7 heteroatoms. The van der Waals surface area contributed by atoms with E-state index < -0.39 is 0 Å². The standard InChI is InChI=1S/C22H21Cl2N3O2/c23-17-10-16(11-18(24)12-17)20-8-15(14-28)9-22(26-20)29-19-4-5-21(25-13-19)27-6-2-1-3-7-27/h4-5,8-13,28H,1-3,6-7,14H2. The smallest absolute Gasteiger partial charge is 0.220 e. The molecule has 150 valence electrons. The Morgan fingerprint density at radius 3 is 2.38 bits per heavy atom. The van der Waals surface area contributed by atoms with Crippen LogP contribution in [-0.4, -0.2) is 28.2 Å². The summed E-state index contributed by atoms with van der Waals surface area (Å²) in [6.07, 6.45) is 5.39. The van der Waals surface area contributed by atoms with Crippen molar-refractivity contribution >= 4 is 29.0 Å². The molecule has 3 aromatic rings. The molecule has 1 aromatic carbocycles. The molecule has 5 nitrogen and oxygen atoms in total. The van der Waals surface area contributed by atoms with Crippen LogP contribution in [0.2, 0.25) is 10.0 Å². The quantitative estimate of drug-likeness (QED) is 0.561. The largest absolute Gasteiger partial charge is 0.437 e. The number of rotatable bonds is 5. The number of aliphatic hydroxyl groups excluding tert-OH is 1. The molecular formula is C22H21Cl2N3O2. The Morgan fingerprint density at radius 1 is 0.966 bits per heavy atom. The maximum atomic E-state index is 9.64. The van der Waals surface area contributed by atoms with E-state index in [2.05, 4.69) is 14.9 Å². The fourth-order valence-electron chi connectivity index (χ4n) is 3.42. The van der Waals surface area contributed by atoms with Crippen LogP contribution in [0.15, 0.2) is 48.7 Å². The van der Waals surface area contributed by atoms with Gasteiger partial charge in [-0.1, -0.05) is 23.2 Å². The Hall–Kier alpha value is -2.34. The third-order valence-corrected chi connectivity index (χ3v) is 5.26. The second-order valence-electron chi connectivity index (χ2n) is 7.02. The summed E-state index contributed by atoms with van der Waals surface area (Å²) in [5.41, 5.74) is 2.05. The van der Waals surface area contributed by atoms with Crippen LogP contribution in [0.25, 0.3) is 11.3 Å². The maximum Gasteiger partial charge on any atom is 0.220 e. The first kappa shape index (κ1) is 20.0. The number of anilines is 1. The zero-order valence-electron chi connectivity index (χ0n) is 15.8. The fraction of sp³-hybridized carbons (Fsp3) is 0.273. The first-order chi connectivity index (χ1) is 14.1. The van der Waals surface area contributed by atoms with E-state index in [-0.39, 0.29) is 6.61 Å². The lowest BCUT2D eigenvalue weighted by atomic mass is 10.1. The molecule has 3 heterocycles. The van der Waals surface area contributed by atoms with Gasteiger partial charge in [-0.05, 0) is 61.2 Å². The van der Waals surface area contributed by atoms with Gasteiger partial charge in [-0.15, -0.1) is 0 Å². The molecule has 29 heavy (non-hydrogen) atoms. The van der Waals surface area contributed by atoms with E-state index in [0.717, 1.165) is 24.5 Å². The molecule has 0 saturated carbocycles. The number of aliphatic hydroxyl groups is 1. The zero-order valence-corrected chi connectivity index (χ0v) is 17.3. The first-order valence-electron chi connectivity index (χ1n) is 9.58. The number of aromatic nitrogens is 2. The molecule has 0 radical (unpaired) electrons. The molecule has 0 spiro atoms. The Kier molecular flexibility index (Phi) is 6.19. The van der Waals surface area contributed by atoms with Crippen molar-refractivity contribution in [2.24, 2.45) is 0 Å². The Balaban J connectivity index is 1.58. The number of halogens is 2. The fourth-order valence-corrected chi connectivity index (χ4v) is 3.94. The lowest BCUT2D eigenvalue weighted by molar-refractivity contribution is 0.281. The van der Waals surface area contributed by atoms with E-state index in [1.807, 2.05) is 12.1 Å². The van der Waals surface area contributed by atoms with Gasteiger partial charge >= 0.3 is 0 Å². The Labute approximate surface area is 179 Å². The highest BCUT2D eigenvalue weighted by Crippen LogP contribution is 2.30. The Morgan fingerprint density at radius 2 is 1.72 bits per heavy atom. The Bertz CT molecular complexity index is 970. The minimum absolute atomic E-state index is 0.133. The minimum atomic E-state index is -0.133. The highest BCUT2D eigenvalue weighted by molar-refractivity contribution is 6.35. The average Bonchev–Trinajstić information content (AvgIpc) is 2.74. The predicted molar refractivity (Wildman–Crippen MR) is 116 cm³/mol. The van der Waals surface area contributed by atoms with Crippen molar-refractivity contribution in [2.45, 2.75) is 25.9 Å². The summed E-state index contributed by atoms with van der Waals surface area (Å²) in [5, 5.41) is 10.7. The molecule has 0 aliphatic carbocycles. The number of ether oxygens (including phenoxy) is 1. The monoisotopic (exact) mass is 429 g/mol. The van der Waals surface area contributed by atoms with Crippen LogP contribution in [0.4, 0.5) is 5.82 Å². The molecular weight excluding hydrogens is 409 g/mol. The van der Waals surface area contributed by atoms with Crippen LogP contribution in [0.3, 0.4) is 0 Å². The van der Waals surface area contributed by atoms with E-state index in [4.69, 9.17) is 27.9 Å². The number of hydrogen-bond donors (Lipinski definition) is 1. The number of hydrogen-bond acceptors (Lipinski definition) is 5. The maximum absolute atomic E-state index is 9.64. The molecule has 4 rings (SSSR count). The molecule has 0 amide bonds. The summed E-state index contributed by atoms with van der Waals surface area (Å²) in [7, 11) is 0. The molecule has 0 atom stereocenters. The summed E-state index contributed by atoms with van der Waals surface area (Å²) in [4.78, 5) is 11.4. The summed E-state index contributed by atoms with van der Waals surface area (Å²) in [5.74, 6) is 1.92. The molecule has 1 aliphatic rings. The van der Waals surface area contributed by atoms with Crippen molar-refractivity contribution < 1.29 is 9.84 Å². The van der Waals surface area contributed by atoms with E-state index in [0.29, 0.717) is 32.9 Å². The van der Waals surface area contributed by atoms with Gasteiger partial charge in [0.15, 0.2) is 0 Å². The van der Waals surface area contributed by atoms with E-state index in [1.54, 1.807) is 36.5 Å². The van der Waals surface area contributed by atoms with Crippen molar-refractivity contribution in [3.05, 3.63) is 64.3 Å². The molecule has 1 N–H and O–H groups in total. The van der Waals surface area contributed by atoms with Crippen LogP contribution in [0.5, 0.6) is 11.6 Å². The topological polar surface area (TPSA) is 58.5 Å². The zero-order chi connectivity index (χ0) is 20.2. The third kappa shape index (κ3) is 4.99. The average molecular weight is 430 g/mol. The van der Waals surface area contributed by atoms with Crippen molar-refractivity contribution in [1.29, 1.82) is 0 Å². The SMILES string of the molecule is OCc1cc(Oc2ccc(N3CCCCC3)nc2)nc(-c2cc(Cl)cc(Cl)c2)c1. The van der Waals surface area contributed by atoms with Crippen molar-refractivity contribution in [2.75, 3.05) is 18.0 Å². The van der Waals surface area contributed by atoms with Gasteiger partial charge < -0.3 is 14.7 Å². The molecule has 1 aliphatic heterocycles. The lowest BCUT2D eigenvalue weighted by Crippen LogP contribution is -2.29. The van der Waals surface area contributed by atoms with Crippen LogP contribution in [0.1, 0.15) is 24.8 Å². The highest BCUT2D eigenvalue weighted by Gasteiger charge is 2.13. The highest BCUT2D eigenvalue weighted by atomic mass is 35.5. The van der Waals surface area contributed by atoms with Gasteiger partial charge in [-0.2, -0.15) is 0 Å². The van der Waals surface area contributed by atoms with Crippen molar-refractivity contribution in [3.63, 3.8) is 0 Å². The van der Waals surface area contributed by atoms with Gasteiger partial charge in [-0.25, -0.2) is 9.97 Å². The van der Waals surface area contributed by atoms with Crippen LogP contribution < -0.4 is 9.64 Å². The normalized spacial score (nSPS) is 14.1. The number of piperidine rings is 1. The summed E-state index contributed by atoms with van der Waals surface area (Å²) in [6.45, 7) is 1.95. The van der Waals surface area contributed by atoms with E-state index in [1.165, 1.54) is 19.3 Å². The molecule has 0 bridgehead atoms. The molecule has 1 saturated heterocycles. The van der Waals surface area contributed by atoms with Crippen LogP contribution in [-0.2, 0) is 6.61 Å². The first-order valence-corrected chi connectivity index (χ1v) is 10.3. The van der Waals surface area contributed by atoms with Crippen molar-refractivity contribution in [1.82, 2.24) is 9.97 Å². The van der Waals surface area contributed by atoms with Crippen LogP contribution >= 0.6 is 23.2 Å². The molecule has 0 unspecified atom stereocenters. The molecule has 2 aromatic heterocycles. The summed E-state index contributed by atoms with van der Waals surface area (Å²) < 4.78 is 5.92. The van der Waals surface area contributed by atoms with Gasteiger partial charge in [0.2, 0.25) is 5.88 Å². The van der Waals surface area contributed by atoms with Gasteiger partial charge in [0.05, 0.1) is 18.5 Å². The van der Waals surface area contributed by atoms with Gasteiger partial charge in [0.25, 0.3) is 0 Å². The third-order valence-electron chi connectivity index (χ3n) is 4.83. The number of benzene rings is 1. The van der Waals surface area contributed by atoms with Crippen molar-refractivity contribution in [3.8, 4) is 22.9 Å². The van der Waals surface area contributed by atoms with Gasteiger partial charge in [0.1, 0.15) is 11.6 Å². The van der Waals surface area contributed by atoms with E-state index >= 15 is 0 Å². The lowest BCUT2D eigenvalue weighted by Gasteiger charge is -2.27. The summed E-state index contributed by atoms with van der Waals surface area (Å²) in [6, 6.07) is 12.6. The minimum Gasteiger partial charge on any atom is -0.437 e. The number of nitrogens with zero attached hydrogens (tertiary/aromatic N) is 3. The van der Waals surface area contributed by atoms with Crippen LogP contribution in [0, 0.1) is 0 Å². The molecule has 1 fully saturated rings. The van der Waals surface area contributed by atoms with Gasteiger partial charge in [-0.3, -0.25) is 0 Å². The van der Waals surface area contributed by atoms with E-state index in [9.17, 15) is 5.11 Å². The predicted octanol–water partition coefficient (Wildman–Crippen LogP) is 5.73. The van der Waals surface area contributed by atoms with Gasteiger partial charge in [0, 0.05) is 34.8 Å². The second-order valence-corrected chi connectivity index (χ2v) is 7.89. The summed E-state index contributed by atoms with van der Waals surface area (Å²) >= 11 is 12.2. The second kappa shape index (κ2) is 8.99. The number of pyridine rings is 2.